The van der Waals surface area contributed by atoms with Gasteiger partial charge in [-0.05, 0) is 60.7 Å². The Bertz CT molecular complexity index is 1330. The molecule has 0 spiro atoms. The van der Waals surface area contributed by atoms with Crippen molar-refractivity contribution < 1.29 is 9.47 Å². The molecule has 0 amide bonds. The first-order valence-corrected chi connectivity index (χ1v) is 10.6. The molecule has 32 heavy (non-hydrogen) atoms. The van der Waals surface area contributed by atoms with E-state index in [0.717, 1.165) is 27.9 Å². The zero-order valence-corrected chi connectivity index (χ0v) is 19.3. The van der Waals surface area contributed by atoms with Crippen LogP contribution in [0.25, 0.3) is 16.6 Å². The Labute approximate surface area is 187 Å². The molecule has 0 radical (unpaired) electrons. The average molecular weight is 433 g/mol. The third-order valence-electron chi connectivity index (χ3n) is 5.74. The molecule has 0 N–H and O–H groups in total. The fourth-order valence-electron chi connectivity index (χ4n) is 3.81. The van der Waals surface area contributed by atoms with Crippen LogP contribution in [0.1, 0.15) is 42.1 Å². The van der Waals surface area contributed by atoms with E-state index in [2.05, 4.69) is 32.8 Å². The second kappa shape index (κ2) is 8.49. The van der Waals surface area contributed by atoms with Gasteiger partial charge in [0.1, 0.15) is 17.0 Å². The normalized spacial score (nSPS) is 11.3. The molecule has 2 aromatic heterocycles. The number of aromatic nitrogens is 4. The summed E-state index contributed by atoms with van der Waals surface area (Å²) in [5, 5.41) is 10.1. The number of methoxy groups -OCH3 is 2. The van der Waals surface area contributed by atoms with Crippen LogP contribution in [-0.2, 0) is 6.54 Å². The van der Waals surface area contributed by atoms with E-state index in [-0.39, 0.29) is 11.5 Å². The van der Waals surface area contributed by atoms with Crippen molar-refractivity contribution in [1.82, 2.24) is 19.6 Å². The molecule has 0 saturated carbocycles. The van der Waals surface area contributed by atoms with Crippen LogP contribution in [-0.4, -0.2) is 33.8 Å². The van der Waals surface area contributed by atoms with Crippen LogP contribution in [0.2, 0.25) is 0 Å². The van der Waals surface area contributed by atoms with E-state index in [9.17, 15) is 4.79 Å². The second-order valence-corrected chi connectivity index (χ2v) is 8.31. The molecule has 0 aliphatic carbocycles. The molecule has 0 unspecified atom stereocenters. The van der Waals surface area contributed by atoms with Crippen molar-refractivity contribution >= 4 is 10.9 Å². The van der Waals surface area contributed by atoms with Crippen LogP contribution in [0.15, 0.2) is 47.4 Å². The van der Waals surface area contributed by atoms with Crippen molar-refractivity contribution in [3.05, 3.63) is 75.3 Å². The Balaban J connectivity index is 1.92. The number of hydrogen-bond acceptors (Lipinski definition) is 5. The molecule has 0 saturated heterocycles. The standard InChI is InChI=1S/C25H28N4O3/c1-15(2)23-22-13-26-29(19-8-7-16(3)17(4)9-19)24(22)25(30)28(27-23)14-18-10-20(31-5)12-21(11-18)32-6/h7-13,15H,14H2,1-6H3. The van der Waals surface area contributed by atoms with Gasteiger partial charge in [-0.2, -0.15) is 10.2 Å². The van der Waals surface area contributed by atoms with E-state index in [4.69, 9.17) is 14.6 Å². The third kappa shape index (κ3) is 3.86. The third-order valence-corrected chi connectivity index (χ3v) is 5.74. The van der Waals surface area contributed by atoms with Crippen LogP contribution < -0.4 is 15.0 Å². The molecule has 0 atom stereocenters. The quantitative estimate of drug-likeness (QED) is 0.452. The number of hydrogen-bond donors (Lipinski definition) is 0. The summed E-state index contributed by atoms with van der Waals surface area (Å²) in [6, 6.07) is 11.7. The van der Waals surface area contributed by atoms with E-state index in [1.54, 1.807) is 31.2 Å². The maximum absolute atomic E-state index is 13.6. The molecular formula is C25H28N4O3. The first kappa shape index (κ1) is 21.6. The molecule has 2 aromatic carbocycles. The molecule has 0 fully saturated rings. The van der Waals surface area contributed by atoms with Crippen molar-refractivity contribution in [3.8, 4) is 17.2 Å². The van der Waals surface area contributed by atoms with Crippen molar-refractivity contribution in [1.29, 1.82) is 0 Å². The topological polar surface area (TPSA) is 71.2 Å². The van der Waals surface area contributed by atoms with Gasteiger partial charge in [0, 0.05) is 11.5 Å². The molecule has 0 aliphatic heterocycles. The predicted molar refractivity (Wildman–Crippen MR) is 125 cm³/mol. The minimum absolute atomic E-state index is 0.126. The van der Waals surface area contributed by atoms with Crippen LogP contribution in [0.5, 0.6) is 11.5 Å². The molecule has 2 heterocycles. The van der Waals surface area contributed by atoms with Gasteiger partial charge in [-0.15, -0.1) is 0 Å². The van der Waals surface area contributed by atoms with Crippen molar-refractivity contribution in [2.24, 2.45) is 0 Å². The lowest BCUT2D eigenvalue weighted by Gasteiger charge is -2.14. The van der Waals surface area contributed by atoms with E-state index < -0.39 is 0 Å². The van der Waals surface area contributed by atoms with Crippen LogP contribution in [0.4, 0.5) is 0 Å². The zero-order valence-electron chi connectivity index (χ0n) is 19.3. The fourth-order valence-corrected chi connectivity index (χ4v) is 3.81. The van der Waals surface area contributed by atoms with Gasteiger partial charge in [0.15, 0.2) is 0 Å². The van der Waals surface area contributed by atoms with Gasteiger partial charge in [-0.3, -0.25) is 4.79 Å². The highest BCUT2D eigenvalue weighted by molar-refractivity contribution is 5.82. The number of fused-ring (bicyclic) bond motifs is 1. The number of benzene rings is 2. The van der Waals surface area contributed by atoms with Crippen LogP contribution in [0, 0.1) is 13.8 Å². The highest BCUT2D eigenvalue weighted by Gasteiger charge is 2.19. The first-order valence-electron chi connectivity index (χ1n) is 10.6. The highest BCUT2D eigenvalue weighted by Crippen LogP contribution is 2.26. The number of nitrogens with zero attached hydrogens (tertiary/aromatic N) is 4. The lowest BCUT2D eigenvalue weighted by Crippen LogP contribution is -2.27. The SMILES string of the molecule is COc1cc(Cn2nc(C(C)C)c3cnn(-c4ccc(C)c(C)c4)c3c2=O)cc(OC)c1. The average Bonchev–Trinajstić information content (AvgIpc) is 3.22. The summed E-state index contributed by atoms with van der Waals surface area (Å²) in [5.41, 5.74) is 5.23. The molecule has 4 rings (SSSR count). The van der Waals surface area contributed by atoms with Crippen molar-refractivity contribution in [3.63, 3.8) is 0 Å². The molecule has 7 nitrogen and oxygen atoms in total. The van der Waals surface area contributed by atoms with Crippen molar-refractivity contribution in [2.45, 2.75) is 40.2 Å². The Morgan fingerprint density at radius 2 is 1.66 bits per heavy atom. The smallest absolute Gasteiger partial charge is 0.293 e. The van der Waals surface area contributed by atoms with Crippen molar-refractivity contribution in [2.75, 3.05) is 14.2 Å². The van der Waals surface area contributed by atoms with Gasteiger partial charge in [0.2, 0.25) is 0 Å². The van der Waals surface area contributed by atoms with Gasteiger partial charge < -0.3 is 9.47 Å². The molecule has 7 heteroatoms. The van der Waals surface area contributed by atoms with Gasteiger partial charge in [0.05, 0.1) is 38.3 Å². The van der Waals surface area contributed by atoms with E-state index >= 15 is 0 Å². The molecular weight excluding hydrogens is 404 g/mol. The summed E-state index contributed by atoms with van der Waals surface area (Å²) in [5.74, 6) is 1.46. The van der Waals surface area contributed by atoms with E-state index in [1.165, 1.54) is 10.2 Å². The zero-order chi connectivity index (χ0) is 23.0. The van der Waals surface area contributed by atoms with E-state index in [0.29, 0.717) is 23.6 Å². The Hall–Kier alpha value is -3.61. The van der Waals surface area contributed by atoms with E-state index in [1.807, 2.05) is 30.3 Å². The van der Waals surface area contributed by atoms with Gasteiger partial charge in [-0.1, -0.05) is 19.9 Å². The van der Waals surface area contributed by atoms with Gasteiger partial charge in [0.25, 0.3) is 5.56 Å². The summed E-state index contributed by atoms with van der Waals surface area (Å²) < 4.78 is 14.0. The largest absolute Gasteiger partial charge is 0.497 e. The molecule has 0 aliphatic rings. The Morgan fingerprint density at radius 3 is 2.25 bits per heavy atom. The summed E-state index contributed by atoms with van der Waals surface area (Å²) in [7, 11) is 3.21. The highest BCUT2D eigenvalue weighted by atomic mass is 16.5. The lowest BCUT2D eigenvalue weighted by molar-refractivity contribution is 0.393. The maximum Gasteiger partial charge on any atom is 0.293 e. The Kier molecular flexibility index (Phi) is 5.74. The molecule has 166 valence electrons. The number of rotatable bonds is 6. The lowest BCUT2D eigenvalue weighted by atomic mass is 10.1. The monoisotopic (exact) mass is 432 g/mol. The minimum atomic E-state index is -0.193. The van der Waals surface area contributed by atoms with Gasteiger partial charge >= 0.3 is 0 Å². The molecule has 0 bridgehead atoms. The summed E-state index contributed by atoms with van der Waals surface area (Å²) in [4.78, 5) is 13.6. The van der Waals surface area contributed by atoms with Crippen LogP contribution >= 0.6 is 0 Å². The Morgan fingerprint density at radius 1 is 0.969 bits per heavy atom. The summed E-state index contributed by atoms with van der Waals surface area (Å²) in [6.45, 7) is 8.55. The predicted octanol–water partition coefficient (Wildman–Crippen LogP) is 4.39. The molecule has 4 aromatic rings. The fraction of sp³-hybridized carbons (Fsp3) is 0.320. The number of ether oxygens (including phenoxy) is 2. The van der Waals surface area contributed by atoms with Gasteiger partial charge in [-0.25, -0.2) is 9.36 Å². The summed E-state index contributed by atoms with van der Waals surface area (Å²) >= 11 is 0. The summed E-state index contributed by atoms with van der Waals surface area (Å²) in [6.07, 6.45) is 1.74. The number of aryl methyl sites for hydroxylation is 2. The minimum Gasteiger partial charge on any atom is -0.497 e. The first-order chi connectivity index (χ1) is 15.3. The van der Waals surface area contributed by atoms with Crippen LogP contribution in [0.3, 0.4) is 0 Å². The second-order valence-electron chi connectivity index (χ2n) is 8.31. The maximum atomic E-state index is 13.6.